The number of carbonyl (C=O) groups is 4. The zero-order chi connectivity index (χ0) is 43.7. The van der Waals surface area contributed by atoms with Gasteiger partial charge in [-0.3, -0.25) is 0 Å². The van der Waals surface area contributed by atoms with Gasteiger partial charge in [-0.15, -0.1) is 20.5 Å². The van der Waals surface area contributed by atoms with Crippen molar-refractivity contribution in [3.05, 3.63) is 95.6 Å². The van der Waals surface area contributed by atoms with Crippen molar-refractivity contribution in [2.24, 2.45) is 20.5 Å². The Balaban J connectivity index is 0.000000206. The molecule has 2 fully saturated rings. The van der Waals surface area contributed by atoms with Crippen LogP contribution in [-0.4, -0.2) is 88.4 Å². The molecule has 335 valence electrons. The maximum absolute atomic E-state index is 12.5. The molecule has 4 aromatic heterocycles. The van der Waals surface area contributed by atoms with Crippen molar-refractivity contribution >= 4 is 35.5 Å². The Morgan fingerprint density at radius 2 is 1.03 bits per heavy atom. The monoisotopic (exact) mass is 917 g/mol. The van der Waals surface area contributed by atoms with E-state index in [1.54, 1.807) is 62.6 Å². The van der Waals surface area contributed by atoms with Gasteiger partial charge in [0.2, 0.25) is 0 Å². The van der Waals surface area contributed by atoms with E-state index in [4.69, 9.17) is 28.4 Å². The van der Waals surface area contributed by atoms with Crippen LogP contribution >= 0.6 is 0 Å². The SMILES string of the molecule is CCOC(=O)c1cnn(-c2ccccn2)c1N=NC1=C(O)OC2(CCCCC2)OC1=O.CCOC(=O)c1cnn(-c2ccccn2)c1N=NC1=C(O)OC2(CCCCC2)OC1=O.[Cu]. The Kier molecular flexibility index (Phi) is 14.6. The van der Waals surface area contributed by atoms with Crippen molar-refractivity contribution in [1.82, 2.24) is 29.5 Å². The zero-order valence-electron chi connectivity index (χ0n) is 34.0. The molecule has 23 heteroatoms. The van der Waals surface area contributed by atoms with Gasteiger partial charge in [-0.05, 0) is 63.8 Å². The molecule has 0 bridgehead atoms. The van der Waals surface area contributed by atoms with Gasteiger partial charge < -0.3 is 38.6 Å². The number of azo groups is 2. The molecule has 0 saturated heterocycles. The number of rotatable bonds is 10. The van der Waals surface area contributed by atoms with Crippen LogP contribution in [0, 0.1) is 0 Å². The molecular formula is C40H42CuN10O12. The van der Waals surface area contributed by atoms with Crippen LogP contribution < -0.4 is 0 Å². The Bertz CT molecular complexity index is 2250. The second-order valence-corrected chi connectivity index (χ2v) is 14.0. The van der Waals surface area contributed by atoms with Gasteiger partial charge in [-0.2, -0.15) is 19.6 Å². The van der Waals surface area contributed by atoms with E-state index in [9.17, 15) is 29.4 Å². The van der Waals surface area contributed by atoms with E-state index < -0.39 is 58.7 Å². The normalized spacial score (nSPS) is 17.9. The standard InChI is InChI=1S/2C20H21N5O6.Cu/c2*1-2-29-17(26)13-12-22-25(14-8-4-7-11-21-14)16(13)24-23-15-18(27)30-20(31-19(15)28)9-5-3-6-10-20;/h2*4,7-8,11-12,27H,2-3,5-6,9-10H2,1H3;. The van der Waals surface area contributed by atoms with Crippen LogP contribution in [0.25, 0.3) is 11.6 Å². The van der Waals surface area contributed by atoms with Crippen molar-refractivity contribution in [2.45, 2.75) is 89.6 Å². The third kappa shape index (κ3) is 10.2. The minimum atomic E-state index is -1.16. The summed E-state index contributed by atoms with van der Waals surface area (Å²) in [7, 11) is 0. The fraction of sp³-hybridized carbons (Fsp3) is 0.400. The number of hydrogen-bond donors (Lipinski definition) is 2. The summed E-state index contributed by atoms with van der Waals surface area (Å²) in [5.41, 5.74) is -0.963. The average molecular weight is 918 g/mol. The molecule has 0 unspecified atom stereocenters. The maximum atomic E-state index is 12.5. The molecule has 8 rings (SSSR count). The van der Waals surface area contributed by atoms with Gasteiger partial charge in [0, 0.05) is 55.1 Å². The molecule has 4 aromatic rings. The molecule has 0 atom stereocenters. The van der Waals surface area contributed by atoms with Crippen LogP contribution in [0.1, 0.15) is 98.8 Å². The Morgan fingerprint density at radius 1 is 0.635 bits per heavy atom. The summed E-state index contributed by atoms with van der Waals surface area (Å²) >= 11 is 0. The molecule has 0 aromatic carbocycles. The quantitative estimate of drug-likeness (QED) is 0.0703. The fourth-order valence-electron chi connectivity index (χ4n) is 6.93. The van der Waals surface area contributed by atoms with Crippen molar-refractivity contribution in [1.29, 1.82) is 0 Å². The molecule has 2 aliphatic carbocycles. The van der Waals surface area contributed by atoms with Gasteiger partial charge in [0.15, 0.2) is 23.3 Å². The summed E-state index contributed by atoms with van der Waals surface area (Å²) in [6.45, 7) is 3.64. The number of aliphatic hydroxyl groups is 2. The molecular weight excluding hydrogens is 876 g/mol. The first kappa shape index (κ1) is 45.5. The second-order valence-electron chi connectivity index (χ2n) is 14.0. The smallest absolute Gasteiger partial charge is 0.369 e. The zero-order valence-corrected chi connectivity index (χ0v) is 35.0. The number of aliphatic hydroxyl groups excluding tert-OH is 2. The number of esters is 4. The first-order valence-corrected chi connectivity index (χ1v) is 19.9. The summed E-state index contributed by atoms with van der Waals surface area (Å²) in [4.78, 5) is 58.0. The van der Waals surface area contributed by atoms with Gasteiger partial charge in [0.1, 0.15) is 11.1 Å². The van der Waals surface area contributed by atoms with Gasteiger partial charge >= 0.3 is 35.8 Å². The Morgan fingerprint density at radius 3 is 1.37 bits per heavy atom. The number of aromatic nitrogens is 6. The van der Waals surface area contributed by atoms with Gasteiger partial charge in [0.25, 0.3) is 23.0 Å². The minimum Gasteiger partial charge on any atom is -0.479 e. The molecule has 2 spiro atoms. The Hall–Kier alpha value is -7.00. The van der Waals surface area contributed by atoms with Crippen LogP contribution in [0.2, 0.25) is 0 Å². The number of pyridine rings is 2. The Labute approximate surface area is 369 Å². The summed E-state index contributed by atoms with van der Waals surface area (Å²) in [6.07, 6.45) is 12.9. The summed E-state index contributed by atoms with van der Waals surface area (Å²) in [5.74, 6) is -6.00. The molecule has 0 amide bonds. The number of carbonyl (C=O) groups excluding carboxylic acids is 4. The van der Waals surface area contributed by atoms with E-state index in [1.807, 2.05) is 0 Å². The number of hydrogen-bond acceptors (Lipinski definition) is 20. The fourth-order valence-corrected chi connectivity index (χ4v) is 6.93. The summed E-state index contributed by atoms with van der Waals surface area (Å²) in [5, 5.41) is 44.5. The van der Waals surface area contributed by atoms with Crippen molar-refractivity contribution in [3.63, 3.8) is 0 Å². The molecule has 22 nitrogen and oxygen atoms in total. The predicted molar refractivity (Wildman–Crippen MR) is 209 cm³/mol. The molecule has 2 N–H and O–H groups in total. The van der Waals surface area contributed by atoms with E-state index in [1.165, 1.54) is 21.8 Å². The second kappa shape index (κ2) is 20.2. The average Bonchev–Trinajstić information content (AvgIpc) is 3.90. The molecule has 4 aliphatic rings. The molecule has 2 saturated carbocycles. The maximum Gasteiger partial charge on any atom is 0.369 e. The topological polar surface area (TPSA) is 275 Å². The van der Waals surface area contributed by atoms with Crippen LogP contribution in [-0.2, 0) is 55.1 Å². The van der Waals surface area contributed by atoms with Crippen molar-refractivity contribution < 1.29 is 74.9 Å². The summed E-state index contributed by atoms with van der Waals surface area (Å²) < 4.78 is 34.5. The molecule has 2 aliphatic heterocycles. The largest absolute Gasteiger partial charge is 0.479 e. The van der Waals surface area contributed by atoms with E-state index in [0.717, 1.165) is 38.5 Å². The minimum absolute atomic E-state index is 0. The van der Waals surface area contributed by atoms with Crippen LogP contribution in [0.3, 0.4) is 0 Å². The van der Waals surface area contributed by atoms with Gasteiger partial charge in [0.05, 0.1) is 25.6 Å². The molecule has 1 radical (unpaired) electrons. The molecule has 63 heavy (non-hydrogen) atoms. The van der Waals surface area contributed by atoms with Gasteiger partial charge in [-0.25, -0.2) is 29.1 Å². The van der Waals surface area contributed by atoms with E-state index in [0.29, 0.717) is 37.3 Å². The van der Waals surface area contributed by atoms with Crippen LogP contribution in [0.5, 0.6) is 0 Å². The van der Waals surface area contributed by atoms with Crippen LogP contribution in [0.4, 0.5) is 11.6 Å². The van der Waals surface area contributed by atoms with Crippen molar-refractivity contribution in [3.8, 4) is 11.6 Å². The third-order valence-electron chi connectivity index (χ3n) is 9.85. The van der Waals surface area contributed by atoms with E-state index in [-0.39, 0.29) is 53.0 Å². The van der Waals surface area contributed by atoms with E-state index in [2.05, 4.69) is 40.6 Å². The predicted octanol–water partition coefficient (Wildman–Crippen LogP) is 6.97. The third-order valence-corrected chi connectivity index (χ3v) is 9.85. The molecule has 6 heterocycles. The van der Waals surface area contributed by atoms with Gasteiger partial charge in [-0.1, -0.05) is 25.0 Å². The van der Waals surface area contributed by atoms with Crippen molar-refractivity contribution in [2.75, 3.05) is 13.2 Å². The number of ether oxygens (including phenoxy) is 6. The summed E-state index contributed by atoms with van der Waals surface area (Å²) in [6, 6.07) is 10.2. The first-order chi connectivity index (χ1) is 30.1. The number of nitrogens with zero attached hydrogens (tertiary/aromatic N) is 10. The van der Waals surface area contributed by atoms with Crippen LogP contribution in [0.15, 0.2) is 105 Å². The van der Waals surface area contributed by atoms with E-state index >= 15 is 0 Å². The first-order valence-electron chi connectivity index (χ1n) is 19.9.